The second-order valence-corrected chi connectivity index (χ2v) is 3.86. The lowest BCUT2D eigenvalue weighted by molar-refractivity contribution is -0.147. The second-order valence-electron chi connectivity index (χ2n) is 3.54. The van der Waals surface area contributed by atoms with Gasteiger partial charge >= 0.3 is 5.97 Å². The highest BCUT2D eigenvalue weighted by molar-refractivity contribution is 7.81. The maximum atomic E-state index is 10.9. The molecule has 1 rings (SSSR count). The first-order valence-electron chi connectivity index (χ1n) is 4.52. The zero-order valence-electron chi connectivity index (χ0n) is 7.45. The highest BCUT2D eigenvalue weighted by Crippen LogP contribution is 2.25. The summed E-state index contributed by atoms with van der Waals surface area (Å²) in [7, 11) is 0. The Morgan fingerprint density at radius 1 is 1.58 bits per heavy atom. The number of rotatable bonds is 2. The van der Waals surface area contributed by atoms with Gasteiger partial charge in [0.1, 0.15) is 6.10 Å². The van der Waals surface area contributed by atoms with E-state index < -0.39 is 0 Å². The minimum absolute atomic E-state index is 0.161. The molecule has 70 valence electrons. The topological polar surface area (TPSA) is 26.3 Å². The van der Waals surface area contributed by atoms with Crippen LogP contribution in [0.25, 0.3) is 0 Å². The number of carbonyl (C=O) groups is 1. The Morgan fingerprint density at radius 3 is 2.92 bits per heavy atom. The summed E-state index contributed by atoms with van der Waals surface area (Å²) in [4.78, 5) is 10.9. The van der Waals surface area contributed by atoms with Gasteiger partial charge in [-0.3, -0.25) is 4.79 Å². The molecule has 0 aliphatic heterocycles. The van der Waals surface area contributed by atoms with E-state index in [0.29, 0.717) is 5.92 Å². The van der Waals surface area contributed by atoms with Crippen LogP contribution < -0.4 is 0 Å². The normalized spacial score (nSPS) is 29.8. The monoisotopic (exact) mass is 188 g/mol. The van der Waals surface area contributed by atoms with Crippen LogP contribution in [0.3, 0.4) is 0 Å². The van der Waals surface area contributed by atoms with E-state index in [9.17, 15) is 4.79 Å². The first-order valence-corrected chi connectivity index (χ1v) is 5.16. The fourth-order valence-corrected chi connectivity index (χ4v) is 1.78. The molecule has 0 saturated heterocycles. The molecular formula is C9H16O2S. The van der Waals surface area contributed by atoms with E-state index in [1.54, 1.807) is 0 Å². The predicted octanol–water partition coefficient (Wildman–Crippen LogP) is 2.04. The van der Waals surface area contributed by atoms with Gasteiger partial charge < -0.3 is 4.74 Å². The van der Waals surface area contributed by atoms with Gasteiger partial charge in [-0.2, -0.15) is 12.6 Å². The molecule has 0 bridgehead atoms. The van der Waals surface area contributed by atoms with Crippen molar-refractivity contribution >= 4 is 18.6 Å². The number of thiol groups is 1. The summed E-state index contributed by atoms with van der Waals surface area (Å²) in [6, 6.07) is 0. The molecule has 0 aromatic rings. The second kappa shape index (κ2) is 4.75. The molecule has 2 nitrogen and oxygen atoms in total. The van der Waals surface area contributed by atoms with Crippen molar-refractivity contribution in [1.82, 2.24) is 0 Å². The average Bonchev–Trinajstić information content (AvgIpc) is 2.04. The van der Waals surface area contributed by atoms with Crippen LogP contribution in [-0.4, -0.2) is 17.8 Å². The molecule has 1 aliphatic carbocycles. The Bertz CT molecular complexity index is 159. The largest absolute Gasteiger partial charge is 0.462 e. The summed E-state index contributed by atoms with van der Waals surface area (Å²) >= 11 is 3.86. The molecule has 3 heteroatoms. The van der Waals surface area contributed by atoms with Gasteiger partial charge in [-0.15, -0.1) is 0 Å². The van der Waals surface area contributed by atoms with Crippen molar-refractivity contribution in [2.45, 2.75) is 38.7 Å². The van der Waals surface area contributed by atoms with Gasteiger partial charge in [0, 0.05) is 0 Å². The Kier molecular flexibility index (Phi) is 3.92. The summed E-state index contributed by atoms with van der Waals surface area (Å²) in [5, 5.41) is 0. The van der Waals surface area contributed by atoms with Gasteiger partial charge in [0.05, 0.1) is 5.75 Å². The van der Waals surface area contributed by atoms with Gasteiger partial charge in [-0.05, 0) is 25.2 Å². The van der Waals surface area contributed by atoms with E-state index in [0.717, 1.165) is 12.8 Å². The summed E-state index contributed by atoms with van der Waals surface area (Å²) in [6.07, 6.45) is 4.68. The van der Waals surface area contributed by atoms with E-state index in [4.69, 9.17) is 4.74 Å². The van der Waals surface area contributed by atoms with E-state index >= 15 is 0 Å². The van der Waals surface area contributed by atoms with E-state index in [2.05, 4.69) is 19.6 Å². The molecule has 0 N–H and O–H groups in total. The lowest BCUT2D eigenvalue weighted by atomic mass is 9.89. The minimum Gasteiger partial charge on any atom is -0.462 e. The maximum Gasteiger partial charge on any atom is 0.315 e. The lowest BCUT2D eigenvalue weighted by Crippen LogP contribution is -2.24. The molecular weight excluding hydrogens is 172 g/mol. The summed E-state index contributed by atoms with van der Waals surface area (Å²) in [5.41, 5.74) is 0. The van der Waals surface area contributed by atoms with Crippen LogP contribution in [0, 0.1) is 5.92 Å². The molecule has 0 radical (unpaired) electrons. The molecule has 2 atom stereocenters. The summed E-state index contributed by atoms with van der Waals surface area (Å²) < 4.78 is 5.20. The Balaban J connectivity index is 2.27. The van der Waals surface area contributed by atoms with Crippen LogP contribution in [0.15, 0.2) is 0 Å². The first kappa shape index (κ1) is 9.90. The van der Waals surface area contributed by atoms with Gasteiger partial charge in [-0.1, -0.05) is 13.3 Å². The Labute approximate surface area is 79.1 Å². The van der Waals surface area contributed by atoms with Crippen LogP contribution in [-0.2, 0) is 9.53 Å². The number of ether oxygens (including phenoxy) is 1. The molecule has 1 aliphatic rings. The zero-order valence-corrected chi connectivity index (χ0v) is 8.35. The van der Waals surface area contributed by atoms with Crippen LogP contribution >= 0.6 is 12.6 Å². The molecule has 0 aromatic heterocycles. The molecule has 2 unspecified atom stereocenters. The van der Waals surface area contributed by atoms with Crippen molar-refractivity contribution in [3.05, 3.63) is 0 Å². The number of hydrogen-bond acceptors (Lipinski definition) is 3. The molecule has 12 heavy (non-hydrogen) atoms. The molecule has 0 heterocycles. The van der Waals surface area contributed by atoms with Crippen molar-refractivity contribution in [3.8, 4) is 0 Å². The molecule has 1 saturated carbocycles. The van der Waals surface area contributed by atoms with Gasteiger partial charge in [-0.25, -0.2) is 0 Å². The van der Waals surface area contributed by atoms with Gasteiger partial charge in [0.2, 0.25) is 0 Å². The van der Waals surface area contributed by atoms with E-state index in [1.165, 1.54) is 12.8 Å². The van der Waals surface area contributed by atoms with E-state index in [1.807, 2.05) is 0 Å². The third-order valence-corrected chi connectivity index (χ3v) is 2.57. The van der Waals surface area contributed by atoms with Gasteiger partial charge in [0.15, 0.2) is 0 Å². The highest BCUT2D eigenvalue weighted by atomic mass is 32.1. The van der Waals surface area contributed by atoms with Gasteiger partial charge in [0.25, 0.3) is 0 Å². The third kappa shape index (κ3) is 3.05. The molecule has 0 spiro atoms. The minimum atomic E-state index is -0.183. The quantitative estimate of drug-likeness (QED) is 0.530. The lowest BCUT2D eigenvalue weighted by Gasteiger charge is -2.26. The van der Waals surface area contributed by atoms with Crippen molar-refractivity contribution in [2.75, 3.05) is 5.75 Å². The number of carbonyl (C=O) groups excluding carboxylic acids is 1. The summed E-state index contributed by atoms with van der Waals surface area (Å²) in [6.45, 7) is 2.21. The van der Waals surface area contributed by atoms with Crippen LogP contribution in [0.4, 0.5) is 0 Å². The standard InChI is InChI=1S/C9H16O2S/c1-7-3-2-4-8(5-7)11-9(10)6-12/h7-8,12H,2-6H2,1H3. The van der Waals surface area contributed by atoms with Crippen molar-refractivity contribution < 1.29 is 9.53 Å². The Hall–Kier alpha value is -0.180. The van der Waals surface area contributed by atoms with Crippen molar-refractivity contribution in [1.29, 1.82) is 0 Å². The van der Waals surface area contributed by atoms with Crippen molar-refractivity contribution in [2.24, 2.45) is 5.92 Å². The predicted molar refractivity (Wildman–Crippen MR) is 51.4 cm³/mol. The SMILES string of the molecule is CC1CCCC(OC(=O)CS)C1. The van der Waals surface area contributed by atoms with Crippen LogP contribution in [0.5, 0.6) is 0 Å². The maximum absolute atomic E-state index is 10.9. The van der Waals surface area contributed by atoms with Crippen LogP contribution in [0.2, 0.25) is 0 Å². The van der Waals surface area contributed by atoms with Crippen molar-refractivity contribution in [3.63, 3.8) is 0 Å². The zero-order chi connectivity index (χ0) is 8.97. The highest BCUT2D eigenvalue weighted by Gasteiger charge is 2.21. The number of esters is 1. The number of hydrogen-bond donors (Lipinski definition) is 1. The smallest absolute Gasteiger partial charge is 0.315 e. The fourth-order valence-electron chi connectivity index (χ4n) is 1.71. The molecule has 0 amide bonds. The fraction of sp³-hybridized carbons (Fsp3) is 0.889. The molecule has 1 fully saturated rings. The summed E-state index contributed by atoms with van der Waals surface area (Å²) in [5.74, 6) is 0.721. The van der Waals surface area contributed by atoms with Crippen LogP contribution in [0.1, 0.15) is 32.6 Å². The Morgan fingerprint density at radius 2 is 2.33 bits per heavy atom. The third-order valence-electron chi connectivity index (χ3n) is 2.32. The molecule has 0 aromatic carbocycles. The first-order chi connectivity index (χ1) is 5.72. The average molecular weight is 188 g/mol. The van der Waals surface area contributed by atoms with E-state index in [-0.39, 0.29) is 17.8 Å².